The number of benzene rings is 10. The molecule has 2 heterocycles. The van der Waals surface area contributed by atoms with Crippen LogP contribution in [0, 0.1) is 0 Å². The molecule has 0 aliphatic carbocycles. The highest BCUT2D eigenvalue weighted by Gasteiger charge is 2.34. The summed E-state index contributed by atoms with van der Waals surface area (Å²) in [6.07, 6.45) is 0. The van der Waals surface area contributed by atoms with E-state index >= 15 is 0 Å². The normalized spacial score (nSPS) is 12.2. The summed E-state index contributed by atoms with van der Waals surface area (Å²) in [5.41, 5.74) is 15.0. The van der Waals surface area contributed by atoms with E-state index in [2.05, 4.69) is 235 Å². The highest BCUT2D eigenvalue weighted by molar-refractivity contribution is 6.99. The van der Waals surface area contributed by atoms with E-state index in [9.17, 15) is 0 Å². The molecule has 61 heavy (non-hydrogen) atoms. The Hall–Kier alpha value is -7.72. The van der Waals surface area contributed by atoms with Gasteiger partial charge in [0.15, 0.2) is 8.80 Å². The minimum absolute atomic E-state index is 0.904. The molecule has 2 nitrogen and oxygen atoms in total. The zero-order valence-electron chi connectivity index (χ0n) is 33.3. The maximum absolute atomic E-state index is 6.73. The first-order valence-electron chi connectivity index (χ1n) is 20.9. The van der Waals surface area contributed by atoms with E-state index in [-0.39, 0.29) is 0 Å². The van der Waals surface area contributed by atoms with Gasteiger partial charge in [-0.2, -0.15) is 0 Å². The summed E-state index contributed by atoms with van der Waals surface area (Å²) in [5, 5.41) is 9.18. The monoisotopic (exact) mass is 792 g/mol. The summed E-state index contributed by atoms with van der Waals surface area (Å²) in [6, 6.07) is 83.7. The Kier molecular flexibility index (Phi) is 8.39. The van der Waals surface area contributed by atoms with Gasteiger partial charge in [-0.25, -0.2) is 0 Å². The van der Waals surface area contributed by atoms with E-state index in [1.807, 2.05) is 0 Å². The van der Waals surface area contributed by atoms with E-state index in [1.54, 1.807) is 0 Å². The van der Waals surface area contributed by atoms with Crippen LogP contribution < -0.4 is 20.5 Å². The molecule has 0 unspecified atom stereocenters. The van der Waals surface area contributed by atoms with Crippen LogP contribution in [-0.4, -0.2) is 8.80 Å². The lowest BCUT2D eigenvalue weighted by atomic mass is 9.92. The number of para-hydroxylation sites is 1. The van der Waals surface area contributed by atoms with Crippen LogP contribution in [-0.2, 0) is 0 Å². The number of anilines is 3. The van der Waals surface area contributed by atoms with E-state index in [0.29, 0.717) is 0 Å². The summed E-state index contributed by atoms with van der Waals surface area (Å²) in [6.45, 7) is 0. The van der Waals surface area contributed by atoms with Gasteiger partial charge in [0.25, 0.3) is 0 Å². The Morgan fingerprint density at radius 3 is 1.51 bits per heavy atom. The Morgan fingerprint density at radius 1 is 0.311 bits per heavy atom. The molecule has 1 aliphatic heterocycles. The average Bonchev–Trinajstić information content (AvgIpc) is 3.89. The number of rotatable bonds is 7. The maximum Gasteiger partial charge on any atom is 0.156 e. The molecule has 1 aliphatic rings. The highest BCUT2D eigenvalue weighted by atomic mass is 28.3. The predicted molar refractivity (Wildman–Crippen MR) is 259 cm³/mol. The molecule has 0 fully saturated rings. The number of hydrogen-bond acceptors (Lipinski definition) is 2. The van der Waals surface area contributed by atoms with E-state index in [0.717, 1.165) is 39.2 Å². The van der Waals surface area contributed by atoms with Crippen LogP contribution in [0.3, 0.4) is 0 Å². The molecule has 0 bridgehead atoms. The van der Waals surface area contributed by atoms with Crippen LogP contribution >= 0.6 is 0 Å². The van der Waals surface area contributed by atoms with Gasteiger partial charge in [-0.3, -0.25) is 0 Å². The topological polar surface area (TPSA) is 16.4 Å². The summed E-state index contributed by atoms with van der Waals surface area (Å²) < 4.78 is 6.73. The summed E-state index contributed by atoms with van der Waals surface area (Å²) >= 11 is 0. The van der Waals surface area contributed by atoms with E-state index in [1.165, 1.54) is 70.7 Å². The third-order valence-corrected chi connectivity index (χ3v) is 15.2. The lowest BCUT2D eigenvalue weighted by Crippen LogP contribution is -2.48. The SMILES string of the molecule is c1ccc(-c2ccccc2-c2ccc(N(c3ccccc3)c3ccc(-c4cccc5oc6ccc7ccc8c(c7c6c45)-c4ccccc4[Si]8c4ccccc4)cc3)cc2)cc1. The third-order valence-electron chi connectivity index (χ3n) is 12.3. The Bertz CT molecular complexity index is 3390. The quantitative estimate of drug-likeness (QED) is 0.149. The second-order valence-corrected chi connectivity index (χ2v) is 18.2. The van der Waals surface area contributed by atoms with Crippen LogP contribution in [0.5, 0.6) is 0 Å². The molecule has 0 amide bonds. The predicted octanol–water partition coefficient (Wildman–Crippen LogP) is 13.7. The van der Waals surface area contributed by atoms with Gasteiger partial charge in [0.1, 0.15) is 11.2 Å². The van der Waals surface area contributed by atoms with Crippen LogP contribution in [0.15, 0.2) is 235 Å². The number of fused-ring (bicyclic) bond motifs is 9. The van der Waals surface area contributed by atoms with Crippen LogP contribution in [0.1, 0.15) is 0 Å². The van der Waals surface area contributed by atoms with E-state index < -0.39 is 8.80 Å². The lowest BCUT2D eigenvalue weighted by molar-refractivity contribution is 0.669. The third kappa shape index (κ3) is 5.85. The maximum atomic E-state index is 6.73. The molecule has 1 radical (unpaired) electrons. The highest BCUT2D eigenvalue weighted by Crippen LogP contribution is 2.45. The number of nitrogens with zero attached hydrogens (tertiary/aromatic N) is 1. The zero-order chi connectivity index (χ0) is 40.3. The number of hydrogen-bond donors (Lipinski definition) is 0. The molecule has 0 spiro atoms. The average molecular weight is 793 g/mol. The van der Waals surface area contributed by atoms with Gasteiger partial charge in [-0.1, -0.05) is 187 Å². The van der Waals surface area contributed by atoms with Crippen molar-refractivity contribution in [3.63, 3.8) is 0 Å². The van der Waals surface area contributed by atoms with Gasteiger partial charge in [0.05, 0.1) is 0 Å². The summed E-state index contributed by atoms with van der Waals surface area (Å²) in [5.74, 6) is 0. The van der Waals surface area contributed by atoms with Crippen LogP contribution in [0.2, 0.25) is 0 Å². The first-order valence-corrected chi connectivity index (χ1v) is 22.4. The van der Waals surface area contributed by atoms with Gasteiger partial charge in [-0.05, 0) is 109 Å². The molecule has 0 atom stereocenters. The molecule has 10 aromatic carbocycles. The second-order valence-electron chi connectivity index (χ2n) is 15.8. The first kappa shape index (κ1) is 35.2. The van der Waals surface area contributed by atoms with Crippen molar-refractivity contribution in [1.29, 1.82) is 0 Å². The fraction of sp³-hybridized carbons (Fsp3) is 0. The van der Waals surface area contributed by atoms with Crippen molar-refractivity contribution in [3.05, 3.63) is 231 Å². The fourth-order valence-electron chi connectivity index (χ4n) is 9.64. The second kappa shape index (κ2) is 14.5. The Morgan fingerprint density at radius 2 is 0.820 bits per heavy atom. The van der Waals surface area contributed by atoms with Gasteiger partial charge >= 0.3 is 0 Å². The molecule has 12 rings (SSSR count). The Balaban J connectivity index is 0.979. The van der Waals surface area contributed by atoms with Crippen molar-refractivity contribution in [2.24, 2.45) is 0 Å². The zero-order valence-corrected chi connectivity index (χ0v) is 34.3. The van der Waals surface area contributed by atoms with Crippen molar-refractivity contribution >= 4 is 74.1 Å². The molecule has 1 aromatic heterocycles. The van der Waals surface area contributed by atoms with Crippen molar-refractivity contribution < 1.29 is 4.42 Å². The van der Waals surface area contributed by atoms with Crippen LogP contribution in [0.25, 0.3) is 77.2 Å². The minimum atomic E-state index is -1.18. The van der Waals surface area contributed by atoms with Gasteiger partial charge in [0.2, 0.25) is 0 Å². The van der Waals surface area contributed by atoms with Gasteiger partial charge in [-0.15, -0.1) is 0 Å². The standard InChI is InChI=1S/C58H38NOSi/c1-4-15-39(16-5-1)47-21-10-11-22-48(47)40-27-33-44(34-28-40)59(43-17-6-2-7-18-43)45-35-29-41(30-36-45)49-24-14-25-51-56(49)58-52(60-51)37-31-42-32-38-54-57(55(42)58)50-23-12-13-26-53(50)61(54)46-19-8-3-9-20-46/h1-38H. The molecule has 0 saturated heterocycles. The van der Waals surface area contributed by atoms with Crippen molar-refractivity contribution in [2.75, 3.05) is 4.90 Å². The molecule has 3 heteroatoms. The first-order chi connectivity index (χ1) is 30.3. The number of furan rings is 1. The van der Waals surface area contributed by atoms with Crippen LogP contribution in [0.4, 0.5) is 17.1 Å². The smallest absolute Gasteiger partial charge is 0.156 e. The molecular formula is C58H38NOSi. The van der Waals surface area contributed by atoms with Crippen molar-refractivity contribution in [1.82, 2.24) is 0 Å². The lowest BCUT2D eigenvalue weighted by Gasteiger charge is -2.26. The van der Waals surface area contributed by atoms with Crippen molar-refractivity contribution in [3.8, 4) is 44.5 Å². The fourth-order valence-corrected chi connectivity index (χ4v) is 12.6. The molecular weight excluding hydrogens is 755 g/mol. The molecule has 0 saturated carbocycles. The molecule has 285 valence electrons. The van der Waals surface area contributed by atoms with Gasteiger partial charge in [0, 0.05) is 33.2 Å². The summed E-state index contributed by atoms with van der Waals surface area (Å²) in [4.78, 5) is 2.34. The van der Waals surface area contributed by atoms with Gasteiger partial charge < -0.3 is 9.32 Å². The minimum Gasteiger partial charge on any atom is -0.456 e. The Labute approximate surface area is 356 Å². The summed E-state index contributed by atoms with van der Waals surface area (Å²) in [7, 11) is -1.18. The van der Waals surface area contributed by atoms with E-state index in [4.69, 9.17) is 4.42 Å². The molecule has 0 N–H and O–H groups in total. The van der Waals surface area contributed by atoms with Crippen molar-refractivity contribution in [2.45, 2.75) is 0 Å². The molecule has 11 aromatic rings. The largest absolute Gasteiger partial charge is 0.456 e.